The van der Waals surface area contributed by atoms with Crippen LogP contribution in [0.25, 0.3) is 0 Å². The van der Waals surface area contributed by atoms with Crippen LogP contribution in [0.4, 0.5) is 0 Å². The third kappa shape index (κ3) is 3.87. The van der Waals surface area contributed by atoms with Crippen molar-refractivity contribution in [3.8, 4) is 0 Å². The van der Waals surface area contributed by atoms with Gasteiger partial charge in [0.1, 0.15) is 5.15 Å². The molecule has 0 aromatic carbocycles. The highest BCUT2D eigenvalue weighted by atomic mass is 79.9. The van der Waals surface area contributed by atoms with Crippen LogP contribution in [0.5, 0.6) is 0 Å². The number of methoxy groups -OCH3 is 1. The summed E-state index contributed by atoms with van der Waals surface area (Å²) in [5.74, 6) is 1.98. The van der Waals surface area contributed by atoms with Crippen molar-refractivity contribution in [3.05, 3.63) is 27.5 Å². The van der Waals surface area contributed by atoms with Crippen LogP contribution in [0.3, 0.4) is 0 Å². The Hall–Kier alpha value is -0.300. The van der Waals surface area contributed by atoms with Crippen molar-refractivity contribution in [2.24, 2.45) is 0 Å². The number of rotatable bonds is 5. The van der Waals surface area contributed by atoms with Crippen molar-refractivity contribution >= 4 is 45.2 Å². The standard InChI is InChI=1S/C13H16BrClN2O2S/c1-19-4-3-17(10-2-5-20-8-10)13(18)11-6-9(14)7-16-12(11)15/h6-7,10H,2-5,8H2,1H3. The molecule has 0 saturated carbocycles. The minimum absolute atomic E-state index is 0.0756. The number of thioether (sulfide) groups is 1. The summed E-state index contributed by atoms with van der Waals surface area (Å²) in [6.07, 6.45) is 2.60. The fraction of sp³-hybridized carbons (Fsp3) is 0.538. The Bertz CT molecular complexity index is 483. The molecule has 1 aromatic rings. The average Bonchev–Trinajstić information content (AvgIpc) is 2.95. The highest BCUT2D eigenvalue weighted by Gasteiger charge is 2.29. The molecule has 110 valence electrons. The van der Waals surface area contributed by atoms with E-state index in [-0.39, 0.29) is 17.1 Å². The highest BCUT2D eigenvalue weighted by molar-refractivity contribution is 9.10. The molecular formula is C13H16BrClN2O2S. The van der Waals surface area contributed by atoms with Gasteiger partial charge >= 0.3 is 0 Å². The SMILES string of the molecule is COCCN(C(=O)c1cc(Br)cnc1Cl)C1CCSC1. The van der Waals surface area contributed by atoms with E-state index in [0.29, 0.717) is 18.7 Å². The molecule has 1 fully saturated rings. The zero-order valence-electron chi connectivity index (χ0n) is 11.1. The van der Waals surface area contributed by atoms with Gasteiger partial charge in [0.25, 0.3) is 5.91 Å². The molecule has 4 nitrogen and oxygen atoms in total. The van der Waals surface area contributed by atoms with Gasteiger partial charge in [-0.2, -0.15) is 11.8 Å². The van der Waals surface area contributed by atoms with Crippen molar-refractivity contribution in [2.75, 3.05) is 31.8 Å². The van der Waals surface area contributed by atoms with E-state index in [4.69, 9.17) is 16.3 Å². The van der Waals surface area contributed by atoms with Crippen LogP contribution in [-0.4, -0.2) is 53.6 Å². The maximum Gasteiger partial charge on any atom is 0.257 e. The number of halogens is 2. The highest BCUT2D eigenvalue weighted by Crippen LogP contribution is 2.26. The van der Waals surface area contributed by atoms with Gasteiger partial charge in [0.2, 0.25) is 0 Å². The van der Waals surface area contributed by atoms with Crippen molar-refractivity contribution < 1.29 is 9.53 Å². The third-order valence-corrected chi connectivity index (χ3v) is 5.06. The van der Waals surface area contributed by atoms with Gasteiger partial charge in [-0.25, -0.2) is 4.98 Å². The van der Waals surface area contributed by atoms with Crippen LogP contribution in [0.1, 0.15) is 16.8 Å². The fourth-order valence-corrected chi connectivity index (χ4v) is 3.87. The maximum atomic E-state index is 12.7. The van der Waals surface area contributed by atoms with Crippen molar-refractivity contribution in [1.82, 2.24) is 9.88 Å². The summed E-state index contributed by atoms with van der Waals surface area (Å²) in [6.45, 7) is 1.09. The van der Waals surface area contributed by atoms with E-state index >= 15 is 0 Å². The molecule has 1 aromatic heterocycles. The normalized spacial score (nSPS) is 18.2. The lowest BCUT2D eigenvalue weighted by molar-refractivity contribution is 0.0624. The zero-order chi connectivity index (χ0) is 14.5. The van der Waals surface area contributed by atoms with E-state index in [1.165, 1.54) is 0 Å². The molecule has 0 N–H and O–H groups in total. The van der Waals surface area contributed by atoms with E-state index in [1.54, 1.807) is 19.4 Å². The Morgan fingerprint density at radius 2 is 2.50 bits per heavy atom. The first-order chi connectivity index (χ1) is 9.63. The van der Waals surface area contributed by atoms with E-state index in [2.05, 4.69) is 20.9 Å². The molecule has 1 amide bonds. The number of aromatic nitrogens is 1. The predicted octanol–water partition coefficient (Wildman–Crippen LogP) is 3.09. The van der Waals surface area contributed by atoms with Gasteiger partial charge in [-0.1, -0.05) is 11.6 Å². The van der Waals surface area contributed by atoms with Gasteiger partial charge in [0.15, 0.2) is 0 Å². The predicted molar refractivity (Wildman–Crippen MR) is 85.6 cm³/mol. The minimum atomic E-state index is -0.0756. The topological polar surface area (TPSA) is 42.4 Å². The summed E-state index contributed by atoms with van der Waals surface area (Å²) >= 11 is 11.3. The number of hydrogen-bond acceptors (Lipinski definition) is 4. The smallest absolute Gasteiger partial charge is 0.257 e. The second-order valence-corrected chi connectivity index (χ2v) is 6.92. The largest absolute Gasteiger partial charge is 0.383 e. The number of carbonyl (C=O) groups excluding carboxylic acids is 1. The molecule has 0 bridgehead atoms. The number of carbonyl (C=O) groups is 1. The van der Waals surface area contributed by atoms with Crippen LogP contribution in [0.15, 0.2) is 16.7 Å². The lowest BCUT2D eigenvalue weighted by Crippen LogP contribution is -2.42. The summed E-state index contributed by atoms with van der Waals surface area (Å²) < 4.78 is 5.86. The Labute approximate surface area is 136 Å². The second-order valence-electron chi connectivity index (χ2n) is 4.50. The molecule has 1 atom stereocenters. The Kier molecular flexibility index (Phi) is 6.14. The van der Waals surface area contributed by atoms with Crippen molar-refractivity contribution in [1.29, 1.82) is 0 Å². The number of amides is 1. The summed E-state index contributed by atoms with van der Waals surface area (Å²) in [7, 11) is 1.64. The van der Waals surface area contributed by atoms with E-state index < -0.39 is 0 Å². The first-order valence-electron chi connectivity index (χ1n) is 6.32. The van der Waals surface area contributed by atoms with Gasteiger partial charge in [-0.05, 0) is 34.2 Å². The zero-order valence-corrected chi connectivity index (χ0v) is 14.3. The summed E-state index contributed by atoms with van der Waals surface area (Å²) in [4.78, 5) is 18.6. The first kappa shape index (κ1) is 16.1. The molecule has 1 unspecified atom stereocenters. The molecule has 20 heavy (non-hydrogen) atoms. The van der Waals surface area contributed by atoms with Crippen LogP contribution in [-0.2, 0) is 4.74 Å². The van der Waals surface area contributed by atoms with Gasteiger partial charge in [0, 0.05) is 36.1 Å². The average molecular weight is 380 g/mol. The summed E-state index contributed by atoms with van der Waals surface area (Å²) in [5.41, 5.74) is 0.439. The van der Waals surface area contributed by atoms with Gasteiger partial charge < -0.3 is 9.64 Å². The van der Waals surface area contributed by atoms with Crippen molar-refractivity contribution in [2.45, 2.75) is 12.5 Å². The molecule has 1 saturated heterocycles. The maximum absolute atomic E-state index is 12.7. The monoisotopic (exact) mass is 378 g/mol. The second kappa shape index (κ2) is 7.64. The number of nitrogens with zero attached hydrogens (tertiary/aromatic N) is 2. The van der Waals surface area contributed by atoms with Gasteiger partial charge in [-0.15, -0.1) is 0 Å². The molecule has 1 aliphatic heterocycles. The lowest BCUT2D eigenvalue weighted by atomic mass is 10.1. The molecule has 7 heteroatoms. The Balaban J connectivity index is 2.22. The molecular weight excluding hydrogens is 364 g/mol. The van der Waals surface area contributed by atoms with E-state index in [1.807, 2.05) is 16.7 Å². The van der Waals surface area contributed by atoms with Crippen molar-refractivity contribution in [3.63, 3.8) is 0 Å². The minimum Gasteiger partial charge on any atom is -0.383 e. The summed E-state index contributed by atoms with van der Waals surface area (Å²) in [6, 6.07) is 1.97. The molecule has 2 heterocycles. The van der Waals surface area contributed by atoms with Crippen LogP contribution in [0.2, 0.25) is 5.15 Å². The Morgan fingerprint density at radius 3 is 3.15 bits per heavy atom. The molecule has 1 aliphatic rings. The van der Waals surface area contributed by atoms with E-state index in [0.717, 1.165) is 22.4 Å². The summed E-state index contributed by atoms with van der Waals surface area (Å²) in [5, 5.41) is 0.242. The van der Waals surface area contributed by atoms with Crippen LogP contribution >= 0.6 is 39.3 Å². The van der Waals surface area contributed by atoms with Crippen LogP contribution in [0, 0.1) is 0 Å². The molecule has 2 rings (SSSR count). The quantitative estimate of drug-likeness (QED) is 0.737. The first-order valence-corrected chi connectivity index (χ1v) is 8.64. The van der Waals surface area contributed by atoms with Gasteiger partial charge in [-0.3, -0.25) is 4.79 Å². The number of hydrogen-bond donors (Lipinski definition) is 0. The van der Waals surface area contributed by atoms with Crippen LogP contribution < -0.4 is 0 Å². The third-order valence-electron chi connectivity index (χ3n) is 3.18. The molecule has 0 spiro atoms. The van der Waals surface area contributed by atoms with Gasteiger partial charge in [0.05, 0.1) is 12.2 Å². The lowest BCUT2D eigenvalue weighted by Gasteiger charge is -2.28. The number of pyridine rings is 1. The molecule has 0 aliphatic carbocycles. The van der Waals surface area contributed by atoms with E-state index in [9.17, 15) is 4.79 Å². The number of ether oxygens (including phenoxy) is 1. The Morgan fingerprint density at radius 1 is 1.70 bits per heavy atom. The molecule has 0 radical (unpaired) electrons. The fourth-order valence-electron chi connectivity index (χ4n) is 2.13.